The Kier molecular flexibility index (Phi) is 4.56. The summed E-state index contributed by atoms with van der Waals surface area (Å²) in [5, 5.41) is 3.35. The van der Waals surface area contributed by atoms with Gasteiger partial charge in [-0.05, 0) is 37.9 Å². The number of primary amides is 1. The van der Waals surface area contributed by atoms with Crippen molar-refractivity contribution >= 4 is 5.91 Å². The van der Waals surface area contributed by atoms with Crippen molar-refractivity contribution in [1.29, 1.82) is 0 Å². The van der Waals surface area contributed by atoms with E-state index in [1.165, 1.54) is 5.56 Å². The highest BCUT2D eigenvalue weighted by molar-refractivity contribution is 5.82. The molecular weight excluding hydrogens is 238 g/mol. The molecule has 1 atom stereocenters. The van der Waals surface area contributed by atoms with Gasteiger partial charge < -0.3 is 11.1 Å². The average molecular weight is 261 g/mol. The maximum absolute atomic E-state index is 11.9. The van der Waals surface area contributed by atoms with Crippen LogP contribution in [0, 0.1) is 13.8 Å². The Morgan fingerprint density at radius 2 is 2.11 bits per heavy atom. The summed E-state index contributed by atoms with van der Waals surface area (Å²) >= 11 is 0. The minimum atomic E-state index is -0.305. The molecule has 4 heteroatoms. The molecule has 0 aromatic heterocycles. The molecule has 0 aliphatic carbocycles. The smallest absolute Gasteiger partial charge is 0.239 e. The minimum absolute atomic E-state index is 0.256. The van der Waals surface area contributed by atoms with Gasteiger partial charge in [-0.15, -0.1) is 0 Å². The first kappa shape index (κ1) is 14.0. The maximum Gasteiger partial charge on any atom is 0.239 e. The van der Waals surface area contributed by atoms with E-state index in [2.05, 4.69) is 23.2 Å². The summed E-state index contributed by atoms with van der Waals surface area (Å²) in [5.74, 6) is -0.256. The Hall–Kier alpha value is -1.39. The van der Waals surface area contributed by atoms with Crippen molar-refractivity contribution in [3.05, 3.63) is 34.9 Å². The normalized spacial score (nSPS) is 18.8. The number of nitrogens with zero attached hydrogens (tertiary/aromatic N) is 1. The predicted octanol–water partition coefficient (Wildman–Crippen LogP) is 1.13. The maximum atomic E-state index is 11.9. The highest BCUT2D eigenvalue weighted by atomic mass is 16.1. The molecule has 1 aromatic rings. The van der Waals surface area contributed by atoms with Crippen molar-refractivity contribution < 1.29 is 4.79 Å². The minimum Gasteiger partial charge on any atom is -0.368 e. The van der Waals surface area contributed by atoms with E-state index in [1.54, 1.807) is 0 Å². The van der Waals surface area contributed by atoms with Crippen LogP contribution in [0.4, 0.5) is 0 Å². The molecule has 1 amide bonds. The van der Waals surface area contributed by atoms with Gasteiger partial charge in [-0.2, -0.15) is 0 Å². The molecule has 2 rings (SSSR count). The number of hydrogen-bond acceptors (Lipinski definition) is 3. The summed E-state index contributed by atoms with van der Waals surface area (Å²) in [6, 6.07) is 5.90. The number of aryl methyl sites for hydroxylation is 2. The lowest BCUT2D eigenvalue weighted by Gasteiger charge is -2.29. The number of hydrogen-bond donors (Lipinski definition) is 2. The summed E-state index contributed by atoms with van der Waals surface area (Å²) < 4.78 is 0. The number of carbonyl (C=O) groups is 1. The van der Waals surface area contributed by atoms with Crippen LogP contribution < -0.4 is 11.1 Å². The molecule has 1 aliphatic heterocycles. The van der Waals surface area contributed by atoms with Crippen LogP contribution in [-0.4, -0.2) is 37.0 Å². The molecule has 1 heterocycles. The molecule has 0 spiro atoms. The van der Waals surface area contributed by atoms with E-state index >= 15 is 0 Å². The quantitative estimate of drug-likeness (QED) is 0.857. The Morgan fingerprint density at radius 3 is 2.79 bits per heavy atom. The first-order valence-electron chi connectivity index (χ1n) is 6.91. The second kappa shape index (κ2) is 6.17. The van der Waals surface area contributed by atoms with Crippen LogP contribution >= 0.6 is 0 Å². The van der Waals surface area contributed by atoms with E-state index in [4.69, 9.17) is 5.73 Å². The summed E-state index contributed by atoms with van der Waals surface area (Å²) in [6.07, 6.45) is 1.05. The Labute approximate surface area is 115 Å². The SMILES string of the molecule is Cc1ccc(C(C(N)=O)N2CCCNCC2)c(C)c1. The van der Waals surface area contributed by atoms with Gasteiger partial charge in [0.25, 0.3) is 0 Å². The molecule has 1 saturated heterocycles. The molecule has 19 heavy (non-hydrogen) atoms. The molecule has 4 nitrogen and oxygen atoms in total. The van der Waals surface area contributed by atoms with Crippen molar-refractivity contribution in [2.24, 2.45) is 5.73 Å². The molecular formula is C15H23N3O. The second-order valence-electron chi connectivity index (χ2n) is 5.30. The van der Waals surface area contributed by atoms with Gasteiger partial charge in [0.15, 0.2) is 0 Å². The first-order chi connectivity index (χ1) is 9.09. The van der Waals surface area contributed by atoms with E-state index < -0.39 is 0 Å². The van der Waals surface area contributed by atoms with Crippen LogP contribution in [0.5, 0.6) is 0 Å². The number of nitrogens with one attached hydrogen (secondary N) is 1. The Balaban J connectivity index is 2.30. The van der Waals surface area contributed by atoms with Crippen LogP contribution in [0.2, 0.25) is 0 Å². The van der Waals surface area contributed by atoms with E-state index in [9.17, 15) is 4.79 Å². The van der Waals surface area contributed by atoms with Gasteiger partial charge >= 0.3 is 0 Å². The molecule has 0 radical (unpaired) electrons. The van der Waals surface area contributed by atoms with Gasteiger partial charge in [-0.25, -0.2) is 0 Å². The van der Waals surface area contributed by atoms with Gasteiger partial charge in [0.2, 0.25) is 5.91 Å². The Bertz CT molecular complexity index is 451. The van der Waals surface area contributed by atoms with E-state index in [0.29, 0.717) is 0 Å². The van der Waals surface area contributed by atoms with Crippen LogP contribution in [0.15, 0.2) is 18.2 Å². The molecule has 104 valence electrons. The van der Waals surface area contributed by atoms with Crippen molar-refractivity contribution in [2.45, 2.75) is 26.3 Å². The fourth-order valence-electron chi connectivity index (χ4n) is 2.79. The van der Waals surface area contributed by atoms with Crippen molar-refractivity contribution in [2.75, 3.05) is 26.2 Å². The fourth-order valence-corrected chi connectivity index (χ4v) is 2.79. The largest absolute Gasteiger partial charge is 0.368 e. The number of amides is 1. The summed E-state index contributed by atoms with van der Waals surface area (Å²) in [5.41, 5.74) is 9.05. The molecule has 1 aromatic carbocycles. The number of rotatable bonds is 3. The van der Waals surface area contributed by atoms with Crippen LogP contribution in [0.3, 0.4) is 0 Å². The number of nitrogens with two attached hydrogens (primary N) is 1. The van der Waals surface area contributed by atoms with Gasteiger partial charge in [0.05, 0.1) is 0 Å². The number of benzene rings is 1. The predicted molar refractivity (Wildman–Crippen MR) is 76.9 cm³/mol. The van der Waals surface area contributed by atoms with E-state index in [-0.39, 0.29) is 11.9 Å². The summed E-state index contributed by atoms with van der Waals surface area (Å²) in [7, 11) is 0. The van der Waals surface area contributed by atoms with Crippen LogP contribution in [0.1, 0.15) is 29.2 Å². The van der Waals surface area contributed by atoms with Crippen molar-refractivity contribution in [3.8, 4) is 0 Å². The van der Waals surface area contributed by atoms with Gasteiger partial charge in [0, 0.05) is 19.6 Å². The Morgan fingerprint density at radius 1 is 1.32 bits per heavy atom. The first-order valence-corrected chi connectivity index (χ1v) is 6.91. The molecule has 1 unspecified atom stereocenters. The van der Waals surface area contributed by atoms with E-state index in [1.807, 2.05) is 19.1 Å². The fraction of sp³-hybridized carbons (Fsp3) is 0.533. The highest BCUT2D eigenvalue weighted by Crippen LogP contribution is 2.25. The molecule has 1 fully saturated rings. The number of carbonyl (C=O) groups excluding carboxylic acids is 1. The third kappa shape index (κ3) is 3.33. The monoisotopic (exact) mass is 261 g/mol. The summed E-state index contributed by atoms with van der Waals surface area (Å²) in [6.45, 7) is 7.80. The zero-order chi connectivity index (χ0) is 13.8. The lowest BCUT2D eigenvalue weighted by Crippen LogP contribution is -2.40. The lowest BCUT2D eigenvalue weighted by atomic mass is 9.97. The molecule has 0 bridgehead atoms. The standard InChI is InChI=1S/C15H23N3O/c1-11-4-5-13(12(2)10-11)14(15(16)19)18-8-3-6-17-7-9-18/h4-5,10,14,17H,3,6-9H2,1-2H3,(H2,16,19). The average Bonchev–Trinajstić information content (AvgIpc) is 2.61. The molecule has 3 N–H and O–H groups in total. The lowest BCUT2D eigenvalue weighted by molar-refractivity contribution is -0.123. The zero-order valence-corrected chi connectivity index (χ0v) is 11.8. The van der Waals surface area contributed by atoms with Crippen LogP contribution in [-0.2, 0) is 4.79 Å². The van der Waals surface area contributed by atoms with Crippen molar-refractivity contribution in [1.82, 2.24) is 10.2 Å². The third-order valence-electron chi connectivity index (χ3n) is 3.73. The van der Waals surface area contributed by atoms with Gasteiger partial charge in [-0.1, -0.05) is 23.8 Å². The molecule has 1 aliphatic rings. The summed E-state index contributed by atoms with van der Waals surface area (Å²) in [4.78, 5) is 14.1. The van der Waals surface area contributed by atoms with Gasteiger partial charge in [-0.3, -0.25) is 9.69 Å². The third-order valence-corrected chi connectivity index (χ3v) is 3.73. The molecule has 0 saturated carbocycles. The van der Waals surface area contributed by atoms with E-state index in [0.717, 1.165) is 43.7 Å². The zero-order valence-electron chi connectivity index (χ0n) is 11.8. The second-order valence-corrected chi connectivity index (χ2v) is 5.30. The van der Waals surface area contributed by atoms with Gasteiger partial charge in [0.1, 0.15) is 6.04 Å². The van der Waals surface area contributed by atoms with Crippen LogP contribution in [0.25, 0.3) is 0 Å². The highest BCUT2D eigenvalue weighted by Gasteiger charge is 2.27. The van der Waals surface area contributed by atoms with Crippen molar-refractivity contribution in [3.63, 3.8) is 0 Å². The topological polar surface area (TPSA) is 58.4 Å².